The molecule has 9 heteroatoms. The second kappa shape index (κ2) is 12.0. The van der Waals surface area contributed by atoms with E-state index in [2.05, 4.69) is 21.2 Å². The molecule has 2 amide bonds. The first kappa shape index (κ1) is 25.9. The Morgan fingerprint density at radius 1 is 1.06 bits per heavy atom. The van der Waals surface area contributed by atoms with E-state index >= 15 is 0 Å². The molecule has 174 valence electrons. The van der Waals surface area contributed by atoms with Gasteiger partial charge in [-0.15, -0.1) is 0 Å². The molecule has 32 heavy (non-hydrogen) atoms. The molecule has 0 unspecified atom stereocenters. The molecule has 0 aliphatic rings. The van der Waals surface area contributed by atoms with Crippen molar-refractivity contribution >= 4 is 43.5 Å². The highest BCUT2D eigenvalue weighted by molar-refractivity contribution is 9.10. The van der Waals surface area contributed by atoms with E-state index in [-0.39, 0.29) is 24.8 Å². The molecule has 0 spiro atoms. The highest BCUT2D eigenvalue weighted by Gasteiger charge is 2.26. The summed E-state index contributed by atoms with van der Waals surface area (Å²) < 4.78 is 26.7. The monoisotopic (exact) mass is 523 g/mol. The number of likely N-dealkylation sites (N-methyl/N-ethyl adjacent to an activating group) is 1. The minimum Gasteiger partial charge on any atom is -0.355 e. The van der Waals surface area contributed by atoms with Crippen molar-refractivity contribution in [2.75, 3.05) is 23.7 Å². The fourth-order valence-electron chi connectivity index (χ4n) is 3.29. The van der Waals surface area contributed by atoms with Crippen molar-refractivity contribution < 1.29 is 18.0 Å². The minimum atomic E-state index is -3.49. The van der Waals surface area contributed by atoms with E-state index in [1.807, 2.05) is 37.3 Å². The lowest BCUT2D eigenvalue weighted by molar-refractivity contribution is -0.140. The molecule has 0 bridgehead atoms. The number of carbonyl (C=O) groups excluding carboxylic acids is 2. The van der Waals surface area contributed by atoms with Gasteiger partial charge in [-0.2, -0.15) is 0 Å². The van der Waals surface area contributed by atoms with E-state index in [0.717, 1.165) is 16.3 Å². The predicted octanol–water partition coefficient (Wildman–Crippen LogP) is 3.55. The van der Waals surface area contributed by atoms with Crippen LogP contribution in [0.3, 0.4) is 0 Å². The molecule has 0 heterocycles. The van der Waals surface area contributed by atoms with Crippen molar-refractivity contribution in [1.29, 1.82) is 0 Å². The summed E-state index contributed by atoms with van der Waals surface area (Å²) in [6.45, 7) is 4.47. The van der Waals surface area contributed by atoms with Crippen molar-refractivity contribution in [3.05, 3.63) is 64.6 Å². The van der Waals surface area contributed by atoms with Crippen LogP contribution < -0.4 is 9.62 Å². The van der Waals surface area contributed by atoms with Crippen LogP contribution in [0.1, 0.15) is 32.3 Å². The van der Waals surface area contributed by atoms with Gasteiger partial charge in [0.2, 0.25) is 21.8 Å². The average molecular weight is 524 g/mol. The van der Waals surface area contributed by atoms with Gasteiger partial charge >= 0.3 is 0 Å². The molecule has 0 aliphatic heterocycles. The van der Waals surface area contributed by atoms with Crippen LogP contribution in [0.15, 0.2) is 59.1 Å². The molecule has 0 saturated carbocycles. The van der Waals surface area contributed by atoms with Crippen molar-refractivity contribution in [3.8, 4) is 0 Å². The first-order valence-corrected chi connectivity index (χ1v) is 13.1. The lowest BCUT2D eigenvalue weighted by Gasteiger charge is -2.29. The Hall–Kier alpha value is -2.39. The number of hydrogen-bond acceptors (Lipinski definition) is 4. The SMILES string of the molecule is CCNC(=O)[C@@H](C)N(Cc1ccc(Br)cc1)C(=O)CCCN(c1ccccc1)S(C)(=O)=O. The summed E-state index contributed by atoms with van der Waals surface area (Å²) in [4.78, 5) is 27.1. The first-order valence-electron chi connectivity index (χ1n) is 10.5. The maximum absolute atomic E-state index is 13.1. The summed E-state index contributed by atoms with van der Waals surface area (Å²) in [5, 5.41) is 2.76. The highest BCUT2D eigenvalue weighted by Crippen LogP contribution is 2.19. The van der Waals surface area contributed by atoms with Crippen LogP contribution in [0, 0.1) is 0 Å². The van der Waals surface area contributed by atoms with Gasteiger partial charge in [0.05, 0.1) is 11.9 Å². The topological polar surface area (TPSA) is 86.8 Å². The number of hydrogen-bond donors (Lipinski definition) is 1. The first-order chi connectivity index (χ1) is 15.1. The van der Waals surface area contributed by atoms with Crippen molar-refractivity contribution in [2.45, 2.75) is 39.3 Å². The summed E-state index contributed by atoms with van der Waals surface area (Å²) in [6, 6.07) is 15.7. The normalized spacial score (nSPS) is 12.1. The summed E-state index contributed by atoms with van der Waals surface area (Å²) in [7, 11) is -3.49. The number of halogens is 1. The molecular weight excluding hydrogens is 494 g/mol. The standard InChI is InChI=1S/C23H30BrN3O4S/c1-4-25-23(29)18(2)26(17-19-12-14-20(24)15-13-19)22(28)11-8-16-27(32(3,30)31)21-9-6-5-7-10-21/h5-7,9-10,12-15,18H,4,8,11,16-17H2,1-3H3,(H,25,29)/t18-/m1/s1. The Morgan fingerprint density at radius 3 is 2.25 bits per heavy atom. The Labute approximate surface area is 199 Å². The highest BCUT2D eigenvalue weighted by atomic mass is 79.9. The molecule has 2 rings (SSSR count). The molecule has 0 aliphatic carbocycles. The van der Waals surface area contributed by atoms with Gasteiger partial charge in [0.25, 0.3) is 0 Å². The number of amides is 2. The Balaban J connectivity index is 2.12. The van der Waals surface area contributed by atoms with E-state index in [9.17, 15) is 18.0 Å². The lowest BCUT2D eigenvalue weighted by atomic mass is 10.1. The summed E-state index contributed by atoms with van der Waals surface area (Å²) in [5.41, 5.74) is 1.46. The number of sulfonamides is 1. The third kappa shape index (κ3) is 7.63. The van der Waals surface area contributed by atoms with Crippen LogP contribution in [-0.4, -0.2) is 50.5 Å². The summed E-state index contributed by atoms with van der Waals surface area (Å²) in [6.07, 6.45) is 1.61. The van der Waals surface area contributed by atoms with E-state index < -0.39 is 16.1 Å². The van der Waals surface area contributed by atoms with Gasteiger partial charge in [-0.25, -0.2) is 8.42 Å². The van der Waals surface area contributed by atoms with Crippen LogP contribution in [0.25, 0.3) is 0 Å². The van der Waals surface area contributed by atoms with E-state index in [1.165, 1.54) is 4.31 Å². The van der Waals surface area contributed by atoms with E-state index in [4.69, 9.17) is 0 Å². The van der Waals surface area contributed by atoms with Crippen molar-refractivity contribution in [1.82, 2.24) is 10.2 Å². The molecule has 0 aromatic heterocycles. The van der Waals surface area contributed by atoms with Gasteiger partial charge in [-0.1, -0.05) is 46.3 Å². The van der Waals surface area contributed by atoms with Crippen LogP contribution in [-0.2, 0) is 26.2 Å². The number of nitrogens with zero attached hydrogens (tertiary/aromatic N) is 2. The van der Waals surface area contributed by atoms with Gasteiger partial charge in [-0.3, -0.25) is 13.9 Å². The maximum atomic E-state index is 13.1. The lowest BCUT2D eigenvalue weighted by Crippen LogP contribution is -2.47. The van der Waals surface area contributed by atoms with Crippen molar-refractivity contribution in [3.63, 3.8) is 0 Å². The molecule has 0 radical (unpaired) electrons. The van der Waals surface area contributed by atoms with Gasteiger partial charge in [0.1, 0.15) is 6.04 Å². The second-order valence-electron chi connectivity index (χ2n) is 7.49. The fraction of sp³-hybridized carbons (Fsp3) is 0.391. The van der Waals surface area contributed by atoms with Gasteiger partial charge in [0, 0.05) is 30.5 Å². The van der Waals surface area contributed by atoms with E-state index in [0.29, 0.717) is 25.2 Å². The zero-order valence-corrected chi connectivity index (χ0v) is 21.0. The molecular formula is C23H30BrN3O4S. The van der Waals surface area contributed by atoms with Crippen molar-refractivity contribution in [2.24, 2.45) is 0 Å². The van der Waals surface area contributed by atoms with Crippen LogP contribution in [0.4, 0.5) is 5.69 Å². The summed E-state index contributed by atoms with van der Waals surface area (Å²) >= 11 is 3.40. The zero-order chi connectivity index (χ0) is 23.7. The molecule has 2 aromatic rings. The largest absolute Gasteiger partial charge is 0.355 e. The Morgan fingerprint density at radius 2 is 1.69 bits per heavy atom. The molecule has 1 atom stereocenters. The van der Waals surface area contributed by atoms with Crippen LogP contribution in [0.2, 0.25) is 0 Å². The number of anilines is 1. The number of rotatable bonds is 11. The maximum Gasteiger partial charge on any atom is 0.242 e. The van der Waals surface area contributed by atoms with E-state index in [1.54, 1.807) is 36.1 Å². The smallest absolute Gasteiger partial charge is 0.242 e. The number of carbonyl (C=O) groups is 2. The number of para-hydroxylation sites is 1. The molecule has 2 aromatic carbocycles. The van der Waals surface area contributed by atoms with Crippen LogP contribution >= 0.6 is 15.9 Å². The third-order valence-electron chi connectivity index (χ3n) is 4.98. The zero-order valence-electron chi connectivity index (χ0n) is 18.6. The van der Waals surface area contributed by atoms with Gasteiger partial charge in [0.15, 0.2) is 0 Å². The molecule has 0 saturated heterocycles. The predicted molar refractivity (Wildman–Crippen MR) is 131 cm³/mol. The summed E-state index contributed by atoms with van der Waals surface area (Å²) in [5.74, 6) is -0.423. The molecule has 7 nitrogen and oxygen atoms in total. The molecule has 0 fully saturated rings. The van der Waals surface area contributed by atoms with Gasteiger partial charge < -0.3 is 10.2 Å². The second-order valence-corrected chi connectivity index (χ2v) is 10.3. The minimum absolute atomic E-state index is 0.124. The average Bonchev–Trinajstić information content (AvgIpc) is 2.75. The van der Waals surface area contributed by atoms with Crippen LogP contribution in [0.5, 0.6) is 0 Å². The van der Waals surface area contributed by atoms with Gasteiger partial charge in [-0.05, 0) is 50.1 Å². The number of nitrogens with one attached hydrogen (secondary N) is 1. The number of benzene rings is 2. The fourth-order valence-corrected chi connectivity index (χ4v) is 4.52. The third-order valence-corrected chi connectivity index (χ3v) is 6.70. The molecule has 1 N–H and O–H groups in total. The Bertz CT molecular complexity index is 998. The Kier molecular flexibility index (Phi) is 9.71. The quantitative estimate of drug-likeness (QED) is 0.487.